The maximum absolute atomic E-state index is 14.1. The summed E-state index contributed by atoms with van der Waals surface area (Å²) in [7, 11) is 0. The van der Waals surface area contributed by atoms with Crippen molar-refractivity contribution in [2.75, 3.05) is 13.1 Å². The largest absolute Gasteiger partial charge is 0.445 e. The third kappa shape index (κ3) is 7.53. The molecule has 234 valence electrons. The Hall–Kier alpha value is -3.36. The fourth-order valence-electron chi connectivity index (χ4n) is 6.41. The Morgan fingerprint density at radius 2 is 1.79 bits per heavy atom. The van der Waals surface area contributed by atoms with Crippen LogP contribution in [0.4, 0.5) is 4.79 Å². The number of hydrogen-bond acceptors (Lipinski definition) is 7. The average Bonchev–Trinajstić information content (AvgIpc) is 3.18. The fourth-order valence-corrected chi connectivity index (χ4v) is 6.41. The van der Waals surface area contributed by atoms with Crippen molar-refractivity contribution in [2.24, 2.45) is 28.6 Å². The van der Waals surface area contributed by atoms with Gasteiger partial charge in [0.25, 0.3) is 0 Å². The SMILES string of the molecule is CC(=O)OC(C#N)[C@H](CC1CCCNC1=O)NC(=O)[C@@H]1[C@@H]2[C@H](CN1C(=O)C(NC(=O)NC(C)(C)C)C(C)(C)C)C2(C)C. The van der Waals surface area contributed by atoms with Gasteiger partial charge in [-0.15, -0.1) is 0 Å². The van der Waals surface area contributed by atoms with Crippen LogP contribution in [0.25, 0.3) is 0 Å². The van der Waals surface area contributed by atoms with Crippen LogP contribution in [-0.4, -0.2) is 77.5 Å². The van der Waals surface area contributed by atoms with Crippen LogP contribution in [-0.2, 0) is 23.9 Å². The molecule has 42 heavy (non-hydrogen) atoms. The third-order valence-electron chi connectivity index (χ3n) is 8.69. The van der Waals surface area contributed by atoms with Gasteiger partial charge in [-0.05, 0) is 62.7 Å². The van der Waals surface area contributed by atoms with Crippen molar-refractivity contribution in [3.05, 3.63) is 0 Å². The molecule has 0 aromatic heterocycles. The summed E-state index contributed by atoms with van der Waals surface area (Å²) in [6, 6.07) is -1.24. The van der Waals surface area contributed by atoms with E-state index in [1.165, 1.54) is 6.92 Å². The molecule has 2 saturated heterocycles. The molecule has 0 bridgehead atoms. The number of nitriles is 1. The first-order valence-corrected chi connectivity index (χ1v) is 14.8. The lowest BCUT2D eigenvalue weighted by molar-refractivity contribution is -0.147. The Labute approximate surface area is 249 Å². The molecule has 4 N–H and O–H groups in total. The maximum atomic E-state index is 14.1. The Kier molecular flexibility index (Phi) is 9.54. The van der Waals surface area contributed by atoms with Crippen LogP contribution in [0.2, 0.25) is 0 Å². The van der Waals surface area contributed by atoms with Gasteiger partial charge < -0.3 is 30.9 Å². The molecule has 1 saturated carbocycles. The standard InChI is InChI=1S/C30H48N6O6/c1-16(37)42-20(14-31)19(13-17-11-10-12-32-24(17)38)33-25(39)22-21-18(30(21,8)9)15-36(22)26(40)23(28(2,3)4)34-27(41)35-29(5,6)7/h17-23H,10-13,15H2,1-9H3,(H,32,38)(H,33,39)(H2,34,35,41)/t17?,18-,19-,20?,21-,22-,23?/m0/s1. The fraction of sp³-hybridized carbons (Fsp3) is 0.800. The summed E-state index contributed by atoms with van der Waals surface area (Å²) in [5.41, 5.74) is -1.36. The van der Waals surface area contributed by atoms with Crippen LogP contribution in [0.3, 0.4) is 0 Å². The summed E-state index contributed by atoms with van der Waals surface area (Å²) in [6.45, 7) is 17.3. The number of hydrogen-bond donors (Lipinski definition) is 4. The van der Waals surface area contributed by atoms with Gasteiger partial charge in [0.15, 0.2) is 0 Å². The molecule has 0 radical (unpaired) electrons. The molecule has 12 nitrogen and oxygen atoms in total. The van der Waals surface area contributed by atoms with Crippen LogP contribution in [0.15, 0.2) is 0 Å². The molecule has 12 heteroatoms. The number of rotatable bonds is 8. The predicted octanol–water partition coefficient (Wildman–Crippen LogP) is 1.84. The molecule has 3 rings (SSSR count). The number of esters is 1. The van der Waals surface area contributed by atoms with E-state index in [0.717, 1.165) is 6.42 Å². The molecule has 0 aromatic carbocycles. The monoisotopic (exact) mass is 588 g/mol. The van der Waals surface area contributed by atoms with Gasteiger partial charge in [0.2, 0.25) is 23.8 Å². The number of carbonyl (C=O) groups excluding carboxylic acids is 5. The Morgan fingerprint density at radius 1 is 1.14 bits per heavy atom. The van der Waals surface area contributed by atoms with Crippen molar-refractivity contribution < 1.29 is 28.7 Å². The average molecular weight is 589 g/mol. The lowest BCUT2D eigenvalue weighted by Crippen LogP contribution is -2.62. The first-order chi connectivity index (χ1) is 19.3. The van der Waals surface area contributed by atoms with Crippen molar-refractivity contribution in [1.82, 2.24) is 26.2 Å². The van der Waals surface area contributed by atoms with E-state index in [4.69, 9.17) is 4.74 Å². The van der Waals surface area contributed by atoms with E-state index in [1.807, 2.05) is 47.6 Å². The molecule has 7 atom stereocenters. The summed E-state index contributed by atoms with van der Waals surface area (Å²) < 4.78 is 5.24. The van der Waals surface area contributed by atoms with Gasteiger partial charge in [0.1, 0.15) is 18.2 Å². The normalized spacial score (nSPS) is 26.9. The molecule has 3 unspecified atom stereocenters. The molecule has 3 fully saturated rings. The predicted molar refractivity (Wildman–Crippen MR) is 154 cm³/mol. The summed E-state index contributed by atoms with van der Waals surface area (Å²) in [5, 5.41) is 21.2. The van der Waals surface area contributed by atoms with E-state index in [1.54, 1.807) is 4.90 Å². The van der Waals surface area contributed by atoms with Crippen molar-refractivity contribution in [2.45, 2.75) is 111 Å². The van der Waals surface area contributed by atoms with E-state index >= 15 is 0 Å². The molecule has 3 aliphatic rings. The zero-order valence-electron chi connectivity index (χ0n) is 26.4. The summed E-state index contributed by atoms with van der Waals surface area (Å²) in [4.78, 5) is 66.8. The van der Waals surface area contributed by atoms with E-state index in [2.05, 4.69) is 35.1 Å². The van der Waals surface area contributed by atoms with Gasteiger partial charge >= 0.3 is 12.0 Å². The first-order valence-electron chi connectivity index (χ1n) is 14.8. The number of nitrogens with zero attached hydrogens (tertiary/aromatic N) is 2. The van der Waals surface area contributed by atoms with Gasteiger partial charge in [0.05, 0.1) is 6.04 Å². The van der Waals surface area contributed by atoms with Crippen LogP contribution < -0.4 is 21.3 Å². The van der Waals surface area contributed by atoms with Crippen LogP contribution in [0.5, 0.6) is 0 Å². The van der Waals surface area contributed by atoms with Crippen LogP contribution >= 0.6 is 0 Å². The molecule has 0 spiro atoms. The maximum Gasteiger partial charge on any atom is 0.315 e. The number of likely N-dealkylation sites (tertiary alicyclic amines) is 1. The quantitative estimate of drug-likeness (QED) is 0.314. The van der Waals surface area contributed by atoms with Crippen LogP contribution in [0, 0.1) is 39.9 Å². The topological polar surface area (TPSA) is 170 Å². The lowest BCUT2D eigenvalue weighted by Gasteiger charge is -2.38. The van der Waals surface area contributed by atoms with E-state index in [0.29, 0.717) is 19.5 Å². The van der Waals surface area contributed by atoms with E-state index < -0.39 is 59.0 Å². The number of piperidine rings is 2. The summed E-state index contributed by atoms with van der Waals surface area (Å²) in [6.07, 6.45) is 0.145. The molecule has 0 aromatic rings. The Bertz CT molecular complexity index is 1130. The molecular formula is C30H48N6O6. The highest BCUT2D eigenvalue weighted by Gasteiger charge is 2.70. The number of nitrogens with one attached hydrogen (secondary N) is 4. The summed E-state index contributed by atoms with van der Waals surface area (Å²) in [5.74, 6) is -2.19. The molecule has 1 aliphatic carbocycles. The number of carbonyl (C=O) groups is 5. The summed E-state index contributed by atoms with van der Waals surface area (Å²) >= 11 is 0. The van der Waals surface area contributed by atoms with Crippen molar-refractivity contribution in [3.8, 4) is 6.07 Å². The van der Waals surface area contributed by atoms with Gasteiger partial charge in [-0.2, -0.15) is 5.26 Å². The molecule has 2 aliphatic heterocycles. The highest BCUT2D eigenvalue weighted by atomic mass is 16.5. The van der Waals surface area contributed by atoms with Crippen molar-refractivity contribution in [3.63, 3.8) is 0 Å². The highest BCUT2D eigenvalue weighted by molar-refractivity contribution is 5.94. The highest BCUT2D eigenvalue weighted by Crippen LogP contribution is 2.65. The van der Waals surface area contributed by atoms with Gasteiger partial charge in [-0.3, -0.25) is 19.2 Å². The third-order valence-corrected chi connectivity index (χ3v) is 8.69. The second-order valence-corrected chi connectivity index (χ2v) is 14.7. The molecule has 2 heterocycles. The van der Waals surface area contributed by atoms with E-state index in [-0.39, 0.29) is 35.5 Å². The Morgan fingerprint density at radius 3 is 2.31 bits per heavy atom. The van der Waals surface area contributed by atoms with Crippen LogP contribution in [0.1, 0.15) is 81.6 Å². The first kappa shape index (κ1) is 33.1. The second kappa shape index (κ2) is 12.1. The minimum Gasteiger partial charge on any atom is -0.445 e. The number of fused-ring (bicyclic) bond motifs is 1. The second-order valence-electron chi connectivity index (χ2n) is 14.7. The van der Waals surface area contributed by atoms with Gasteiger partial charge in [-0.25, -0.2) is 4.79 Å². The number of ether oxygens (including phenoxy) is 1. The smallest absolute Gasteiger partial charge is 0.315 e. The Balaban J connectivity index is 1.89. The zero-order valence-corrected chi connectivity index (χ0v) is 26.4. The number of amides is 5. The van der Waals surface area contributed by atoms with Gasteiger partial charge in [0, 0.05) is 31.5 Å². The number of urea groups is 1. The molecular weight excluding hydrogens is 540 g/mol. The lowest BCUT2D eigenvalue weighted by atomic mass is 9.85. The minimum atomic E-state index is -1.31. The minimum absolute atomic E-state index is 0.0871. The van der Waals surface area contributed by atoms with Crippen molar-refractivity contribution in [1.29, 1.82) is 5.26 Å². The van der Waals surface area contributed by atoms with Gasteiger partial charge in [-0.1, -0.05) is 34.6 Å². The van der Waals surface area contributed by atoms with E-state index in [9.17, 15) is 29.2 Å². The van der Waals surface area contributed by atoms with Crippen molar-refractivity contribution >= 4 is 29.7 Å². The molecule has 5 amide bonds. The zero-order chi connectivity index (χ0) is 31.8.